The number of hydrogen-bond acceptors (Lipinski definition) is 5. The lowest BCUT2D eigenvalue weighted by Gasteiger charge is -2.08. The van der Waals surface area contributed by atoms with Crippen LogP contribution in [-0.4, -0.2) is 35.7 Å². The molecule has 0 unspecified atom stereocenters. The number of esters is 1. The average molecular weight is 343 g/mol. The molecule has 1 N–H and O–H groups in total. The molecular weight excluding hydrogens is 322 g/mol. The number of H-pyrrole nitrogens is 1. The zero-order chi connectivity index (χ0) is 18.6. The molecule has 0 atom stereocenters. The molecule has 0 saturated carbocycles. The lowest BCUT2D eigenvalue weighted by Crippen LogP contribution is -2.17. The number of carbonyl (C=O) groups excluding carboxylic acids is 3. The van der Waals surface area contributed by atoms with Crippen molar-refractivity contribution in [1.29, 1.82) is 0 Å². The van der Waals surface area contributed by atoms with Crippen LogP contribution in [0.5, 0.6) is 5.75 Å². The van der Waals surface area contributed by atoms with Gasteiger partial charge < -0.3 is 14.5 Å². The minimum atomic E-state index is -0.529. The lowest BCUT2D eigenvalue weighted by molar-refractivity contribution is 0.0522. The monoisotopic (exact) mass is 343 g/mol. The summed E-state index contributed by atoms with van der Waals surface area (Å²) in [5.74, 6) is -0.417. The third-order valence-electron chi connectivity index (χ3n) is 3.76. The van der Waals surface area contributed by atoms with Crippen LogP contribution in [0.25, 0.3) is 0 Å². The molecule has 0 amide bonds. The van der Waals surface area contributed by atoms with Gasteiger partial charge in [-0.15, -0.1) is 0 Å². The Kier molecular flexibility index (Phi) is 5.75. The summed E-state index contributed by atoms with van der Waals surface area (Å²) >= 11 is 0. The summed E-state index contributed by atoms with van der Waals surface area (Å²) in [6.45, 7) is 6.65. The van der Waals surface area contributed by atoms with E-state index in [2.05, 4.69) is 4.98 Å². The Bertz CT molecular complexity index is 802. The smallest absolute Gasteiger partial charge is 0.340 e. The number of ether oxygens (including phenoxy) is 2. The number of rotatable bonds is 7. The first-order valence-electron chi connectivity index (χ1n) is 7.98. The third kappa shape index (κ3) is 4.15. The molecule has 0 spiro atoms. The van der Waals surface area contributed by atoms with E-state index in [1.54, 1.807) is 45.0 Å². The summed E-state index contributed by atoms with van der Waals surface area (Å²) in [7, 11) is 0. The van der Waals surface area contributed by atoms with Crippen molar-refractivity contribution in [3.8, 4) is 5.75 Å². The molecule has 0 bridgehead atoms. The van der Waals surface area contributed by atoms with Crippen molar-refractivity contribution < 1.29 is 23.9 Å². The van der Waals surface area contributed by atoms with Crippen LogP contribution >= 0.6 is 0 Å². The maximum Gasteiger partial charge on any atom is 0.340 e. The van der Waals surface area contributed by atoms with E-state index < -0.39 is 5.97 Å². The van der Waals surface area contributed by atoms with E-state index >= 15 is 0 Å². The van der Waals surface area contributed by atoms with Crippen molar-refractivity contribution in [2.45, 2.75) is 27.7 Å². The highest BCUT2D eigenvalue weighted by Crippen LogP contribution is 2.21. The number of carbonyl (C=O) groups is 3. The number of hydrogen-bond donors (Lipinski definition) is 1. The van der Waals surface area contributed by atoms with Crippen LogP contribution in [-0.2, 0) is 4.74 Å². The molecule has 25 heavy (non-hydrogen) atoms. The molecule has 2 aromatic rings. The topological polar surface area (TPSA) is 85.5 Å². The molecule has 0 fully saturated rings. The fourth-order valence-electron chi connectivity index (χ4n) is 2.60. The summed E-state index contributed by atoms with van der Waals surface area (Å²) < 4.78 is 10.5. The number of ketones is 2. The lowest BCUT2D eigenvalue weighted by atomic mass is 10.1. The van der Waals surface area contributed by atoms with Gasteiger partial charge in [0, 0.05) is 17.0 Å². The minimum absolute atomic E-state index is 0.0415. The molecular formula is C19H21NO5. The number of aromatic nitrogens is 1. The largest absolute Gasteiger partial charge is 0.485 e. The fraction of sp³-hybridized carbons (Fsp3) is 0.316. The van der Waals surface area contributed by atoms with Crippen molar-refractivity contribution in [2.24, 2.45) is 0 Å². The Morgan fingerprint density at radius 2 is 1.60 bits per heavy atom. The van der Waals surface area contributed by atoms with Crippen LogP contribution in [0.2, 0.25) is 0 Å². The molecule has 0 aliphatic rings. The van der Waals surface area contributed by atoms with E-state index in [0.717, 1.165) is 0 Å². The summed E-state index contributed by atoms with van der Waals surface area (Å²) in [6.07, 6.45) is 0. The molecule has 6 nitrogen and oxygen atoms in total. The van der Waals surface area contributed by atoms with Crippen molar-refractivity contribution in [3.05, 3.63) is 52.3 Å². The van der Waals surface area contributed by atoms with Gasteiger partial charge in [0.2, 0.25) is 5.78 Å². The minimum Gasteiger partial charge on any atom is -0.485 e. The average Bonchev–Trinajstić information content (AvgIpc) is 2.87. The molecule has 0 saturated heterocycles. The van der Waals surface area contributed by atoms with Gasteiger partial charge in [-0.05, 0) is 52.0 Å². The molecule has 0 aliphatic carbocycles. The SMILES string of the molecule is CCOC(=O)c1c(C)[nH]c(C)c1C(=O)COc1ccc(C(C)=O)cc1. The standard InChI is InChI=1S/C19H21NO5/c1-5-24-19(23)18-12(3)20-11(2)17(18)16(22)10-25-15-8-6-14(7-9-15)13(4)21/h6-9,20H,5,10H2,1-4H3. The zero-order valence-electron chi connectivity index (χ0n) is 14.8. The van der Waals surface area contributed by atoms with Gasteiger partial charge in [-0.25, -0.2) is 4.79 Å². The number of Topliss-reactive ketones (excluding diaryl/α,β-unsaturated/α-hetero) is 2. The van der Waals surface area contributed by atoms with Gasteiger partial charge in [-0.2, -0.15) is 0 Å². The predicted molar refractivity (Wildman–Crippen MR) is 92.5 cm³/mol. The molecule has 6 heteroatoms. The maximum atomic E-state index is 12.5. The molecule has 1 heterocycles. The van der Waals surface area contributed by atoms with Crippen molar-refractivity contribution in [2.75, 3.05) is 13.2 Å². The van der Waals surface area contributed by atoms with Crippen molar-refractivity contribution in [3.63, 3.8) is 0 Å². The summed E-state index contributed by atoms with van der Waals surface area (Å²) in [6, 6.07) is 6.53. The fourth-order valence-corrected chi connectivity index (χ4v) is 2.60. The van der Waals surface area contributed by atoms with Gasteiger partial charge in [0.25, 0.3) is 0 Å². The molecule has 132 valence electrons. The first kappa shape index (κ1) is 18.4. The number of aryl methyl sites for hydroxylation is 2. The van der Waals surface area contributed by atoms with E-state index in [0.29, 0.717) is 22.7 Å². The highest BCUT2D eigenvalue weighted by molar-refractivity contribution is 6.08. The second kappa shape index (κ2) is 7.79. The second-order valence-electron chi connectivity index (χ2n) is 5.64. The maximum absolute atomic E-state index is 12.5. The van der Waals surface area contributed by atoms with E-state index in [4.69, 9.17) is 9.47 Å². The van der Waals surface area contributed by atoms with Gasteiger partial charge >= 0.3 is 5.97 Å². The Hall–Kier alpha value is -2.89. The Labute approximate surface area is 146 Å². The second-order valence-corrected chi connectivity index (χ2v) is 5.64. The summed E-state index contributed by atoms with van der Waals surface area (Å²) in [4.78, 5) is 38.9. The van der Waals surface area contributed by atoms with Gasteiger partial charge in [-0.1, -0.05) is 0 Å². The number of aromatic amines is 1. The normalized spacial score (nSPS) is 10.4. The summed E-state index contributed by atoms with van der Waals surface area (Å²) in [5.41, 5.74) is 2.29. The Morgan fingerprint density at radius 1 is 1.00 bits per heavy atom. The van der Waals surface area contributed by atoms with E-state index in [1.807, 2.05) is 0 Å². The Balaban J connectivity index is 2.15. The van der Waals surface area contributed by atoms with Crippen LogP contribution in [0, 0.1) is 13.8 Å². The van der Waals surface area contributed by atoms with Crippen LogP contribution in [0.15, 0.2) is 24.3 Å². The van der Waals surface area contributed by atoms with Crippen molar-refractivity contribution in [1.82, 2.24) is 4.98 Å². The van der Waals surface area contributed by atoms with Crippen LogP contribution in [0.3, 0.4) is 0 Å². The number of benzene rings is 1. The van der Waals surface area contributed by atoms with E-state index in [9.17, 15) is 14.4 Å². The van der Waals surface area contributed by atoms with E-state index in [1.165, 1.54) is 6.92 Å². The first-order chi connectivity index (χ1) is 11.8. The molecule has 1 aromatic carbocycles. The highest BCUT2D eigenvalue weighted by Gasteiger charge is 2.25. The first-order valence-corrected chi connectivity index (χ1v) is 7.98. The third-order valence-corrected chi connectivity index (χ3v) is 3.76. The van der Waals surface area contributed by atoms with Gasteiger partial charge in [0.05, 0.1) is 17.7 Å². The molecule has 2 rings (SSSR count). The Morgan fingerprint density at radius 3 is 2.16 bits per heavy atom. The molecule has 1 aromatic heterocycles. The highest BCUT2D eigenvalue weighted by atomic mass is 16.5. The molecule has 0 aliphatic heterocycles. The summed E-state index contributed by atoms with van der Waals surface area (Å²) in [5, 5.41) is 0. The van der Waals surface area contributed by atoms with Gasteiger partial charge in [-0.3, -0.25) is 9.59 Å². The van der Waals surface area contributed by atoms with Crippen LogP contribution in [0.1, 0.15) is 56.3 Å². The van der Waals surface area contributed by atoms with Gasteiger partial charge in [0.15, 0.2) is 12.4 Å². The van der Waals surface area contributed by atoms with Crippen LogP contribution < -0.4 is 4.74 Å². The van der Waals surface area contributed by atoms with Crippen LogP contribution in [0.4, 0.5) is 0 Å². The number of nitrogens with one attached hydrogen (secondary N) is 1. The van der Waals surface area contributed by atoms with Crippen molar-refractivity contribution >= 4 is 17.5 Å². The van der Waals surface area contributed by atoms with Gasteiger partial charge in [0.1, 0.15) is 5.75 Å². The quantitative estimate of drug-likeness (QED) is 0.616. The zero-order valence-corrected chi connectivity index (χ0v) is 14.8. The predicted octanol–water partition coefficient (Wildman–Crippen LogP) is 3.27. The molecule has 0 radical (unpaired) electrons. The van der Waals surface area contributed by atoms with E-state index in [-0.39, 0.29) is 35.9 Å².